The van der Waals surface area contributed by atoms with Crippen LogP contribution in [-0.2, 0) is 9.53 Å². The van der Waals surface area contributed by atoms with Gasteiger partial charge in [0, 0.05) is 11.1 Å². The monoisotopic (exact) mass is 616 g/mol. The van der Waals surface area contributed by atoms with Crippen molar-refractivity contribution >= 4 is 29.1 Å². The topological polar surface area (TPSA) is 107 Å². The summed E-state index contributed by atoms with van der Waals surface area (Å²) in [6.07, 6.45) is 1.73. The number of nitrogens with zero attached hydrogens (tertiary/aromatic N) is 2. The van der Waals surface area contributed by atoms with Crippen molar-refractivity contribution in [2.24, 2.45) is 4.99 Å². The number of carbonyl (C=O) groups excluding carboxylic acids is 1. The Bertz CT molecular complexity index is 1890. The molecule has 3 aromatic carbocycles. The molecule has 0 aliphatic carbocycles. The third-order valence-electron chi connectivity index (χ3n) is 7.09. The lowest BCUT2D eigenvalue weighted by molar-refractivity contribution is -0.138. The van der Waals surface area contributed by atoms with Crippen molar-refractivity contribution < 1.29 is 33.2 Å². The molecule has 2 heterocycles. The largest absolute Gasteiger partial charge is 0.493 e. The molecule has 10 nitrogen and oxygen atoms in total. The van der Waals surface area contributed by atoms with Crippen LogP contribution in [0.4, 0.5) is 0 Å². The molecule has 0 fully saturated rings. The van der Waals surface area contributed by atoms with Gasteiger partial charge in [0.05, 0.1) is 58.0 Å². The van der Waals surface area contributed by atoms with Crippen LogP contribution in [0.15, 0.2) is 76.0 Å². The average Bonchev–Trinajstić information content (AvgIpc) is 3.37. The van der Waals surface area contributed by atoms with E-state index < -0.39 is 12.0 Å². The number of ether oxygens (including phenoxy) is 6. The first kappa shape index (κ1) is 30.4. The molecular formula is C33H32N2O8S. The van der Waals surface area contributed by atoms with Crippen LogP contribution in [0.1, 0.15) is 29.7 Å². The lowest BCUT2D eigenvalue weighted by atomic mass is 9.92. The quantitative estimate of drug-likeness (QED) is 0.247. The second-order valence-electron chi connectivity index (χ2n) is 9.47. The van der Waals surface area contributed by atoms with Crippen molar-refractivity contribution in [3.05, 3.63) is 103 Å². The van der Waals surface area contributed by atoms with E-state index >= 15 is 0 Å². The second-order valence-corrected chi connectivity index (χ2v) is 10.5. The summed E-state index contributed by atoms with van der Waals surface area (Å²) in [6.45, 7) is 1.87. The first-order valence-electron chi connectivity index (χ1n) is 13.7. The van der Waals surface area contributed by atoms with E-state index in [9.17, 15) is 9.59 Å². The van der Waals surface area contributed by atoms with Gasteiger partial charge in [-0.05, 0) is 36.8 Å². The first-order valence-corrected chi connectivity index (χ1v) is 14.5. The van der Waals surface area contributed by atoms with Gasteiger partial charge in [0.2, 0.25) is 5.75 Å². The van der Waals surface area contributed by atoms with Gasteiger partial charge in [0.25, 0.3) is 5.56 Å². The first-order chi connectivity index (χ1) is 21.4. The van der Waals surface area contributed by atoms with Crippen LogP contribution in [0.3, 0.4) is 0 Å². The molecule has 1 aliphatic heterocycles. The number of thiazole rings is 1. The Kier molecular flexibility index (Phi) is 9.05. The molecule has 0 amide bonds. The summed E-state index contributed by atoms with van der Waals surface area (Å²) in [5.74, 6) is 1.57. The Morgan fingerprint density at radius 1 is 0.864 bits per heavy atom. The SMILES string of the molecule is CCOC(=O)C1=C(c2ccccc2)N=c2sc(=Cc3cc(OC)c(OC)c(OC)c3)c(=O)n2[C@H]1c1cccc(OC)c1OC. The van der Waals surface area contributed by atoms with Gasteiger partial charge in [-0.1, -0.05) is 53.8 Å². The molecule has 4 aromatic rings. The van der Waals surface area contributed by atoms with E-state index in [0.29, 0.717) is 60.5 Å². The van der Waals surface area contributed by atoms with E-state index in [-0.39, 0.29) is 17.7 Å². The maximum absolute atomic E-state index is 14.3. The number of hydrogen-bond donors (Lipinski definition) is 0. The lowest BCUT2D eigenvalue weighted by Gasteiger charge is -2.27. The molecule has 0 saturated heterocycles. The smallest absolute Gasteiger partial charge is 0.338 e. The molecule has 0 spiro atoms. The molecule has 0 unspecified atom stereocenters. The Morgan fingerprint density at radius 3 is 2.11 bits per heavy atom. The lowest BCUT2D eigenvalue weighted by Crippen LogP contribution is -2.40. The number of para-hydroxylation sites is 1. The van der Waals surface area contributed by atoms with Crippen LogP contribution in [0.25, 0.3) is 11.8 Å². The summed E-state index contributed by atoms with van der Waals surface area (Å²) in [6, 6.07) is 17.2. The summed E-state index contributed by atoms with van der Waals surface area (Å²) in [5, 5.41) is 0. The third-order valence-corrected chi connectivity index (χ3v) is 8.07. The summed E-state index contributed by atoms with van der Waals surface area (Å²) in [5.41, 5.74) is 2.14. The summed E-state index contributed by atoms with van der Waals surface area (Å²) < 4.78 is 35.3. The minimum Gasteiger partial charge on any atom is -0.493 e. The molecule has 0 N–H and O–H groups in total. The maximum Gasteiger partial charge on any atom is 0.338 e. The standard InChI is InChI=1S/C33H32N2O8S/c1-7-43-32(37)26-27(20-12-9-8-10-13-20)34-33-35(28(26)21-14-11-15-22(38-2)29(21)41-5)31(36)25(44-33)18-19-16-23(39-3)30(42-6)24(17-19)40-4/h8-18,28H,7H2,1-6H3/t28-/m0/s1. The van der Waals surface area contributed by atoms with E-state index in [1.165, 1.54) is 51.5 Å². The zero-order valence-corrected chi connectivity index (χ0v) is 26.0. The van der Waals surface area contributed by atoms with Crippen molar-refractivity contribution in [1.29, 1.82) is 0 Å². The van der Waals surface area contributed by atoms with Crippen molar-refractivity contribution in [3.8, 4) is 28.7 Å². The van der Waals surface area contributed by atoms with Crippen molar-refractivity contribution in [2.45, 2.75) is 13.0 Å². The Hall–Kier alpha value is -5.03. The zero-order chi connectivity index (χ0) is 31.4. The number of methoxy groups -OCH3 is 5. The highest BCUT2D eigenvalue weighted by atomic mass is 32.1. The number of fused-ring (bicyclic) bond motifs is 1. The van der Waals surface area contributed by atoms with Crippen LogP contribution in [0, 0.1) is 0 Å². The number of esters is 1. The number of rotatable bonds is 10. The molecule has 1 aliphatic rings. The average molecular weight is 617 g/mol. The molecule has 228 valence electrons. The van der Waals surface area contributed by atoms with Crippen molar-refractivity contribution in [1.82, 2.24) is 4.57 Å². The fourth-order valence-electron chi connectivity index (χ4n) is 5.20. The zero-order valence-electron chi connectivity index (χ0n) is 25.2. The Balaban J connectivity index is 1.86. The molecule has 1 atom stereocenters. The van der Waals surface area contributed by atoms with Crippen molar-refractivity contribution in [2.75, 3.05) is 42.2 Å². The molecule has 0 saturated carbocycles. The fourth-order valence-corrected chi connectivity index (χ4v) is 6.20. The van der Waals surface area contributed by atoms with Crippen LogP contribution in [-0.4, -0.2) is 52.7 Å². The highest BCUT2D eigenvalue weighted by Crippen LogP contribution is 2.42. The van der Waals surface area contributed by atoms with Crippen molar-refractivity contribution in [3.63, 3.8) is 0 Å². The van der Waals surface area contributed by atoms with Crippen LogP contribution >= 0.6 is 11.3 Å². The molecular weight excluding hydrogens is 584 g/mol. The van der Waals surface area contributed by atoms with Gasteiger partial charge in [0.15, 0.2) is 27.8 Å². The molecule has 5 rings (SSSR count). The van der Waals surface area contributed by atoms with Gasteiger partial charge >= 0.3 is 5.97 Å². The second kappa shape index (κ2) is 13.1. The Morgan fingerprint density at radius 2 is 1.52 bits per heavy atom. The molecule has 0 radical (unpaired) electrons. The highest BCUT2D eigenvalue weighted by molar-refractivity contribution is 7.07. The molecule has 11 heteroatoms. The van der Waals surface area contributed by atoms with Crippen LogP contribution in [0.2, 0.25) is 0 Å². The van der Waals surface area contributed by atoms with E-state index in [1.54, 1.807) is 43.3 Å². The predicted octanol–water partition coefficient (Wildman–Crippen LogP) is 3.98. The van der Waals surface area contributed by atoms with Gasteiger partial charge in [-0.15, -0.1) is 0 Å². The van der Waals surface area contributed by atoms with Gasteiger partial charge in [-0.3, -0.25) is 9.36 Å². The van der Waals surface area contributed by atoms with Gasteiger partial charge in [0.1, 0.15) is 6.04 Å². The highest BCUT2D eigenvalue weighted by Gasteiger charge is 2.37. The summed E-state index contributed by atoms with van der Waals surface area (Å²) >= 11 is 1.20. The summed E-state index contributed by atoms with van der Waals surface area (Å²) in [7, 11) is 7.62. The van der Waals surface area contributed by atoms with Crippen LogP contribution in [0.5, 0.6) is 28.7 Å². The fraction of sp³-hybridized carbons (Fsp3) is 0.242. The molecule has 44 heavy (non-hydrogen) atoms. The maximum atomic E-state index is 14.3. The molecule has 1 aromatic heterocycles. The number of hydrogen-bond acceptors (Lipinski definition) is 10. The Labute approximate surface area is 258 Å². The normalized spacial score (nSPS) is 14.4. The third kappa shape index (κ3) is 5.42. The van der Waals surface area contributed by atoms with E-state index in [1.807, 2.05) is 30.3 Å². The number of benzene rings is 3. The van der Waals surface area contributed by atoms with E-state index in [2.05, 4.69) is 0 Å². The van der Waals surface area contributed by atoms with Crippen LogP contribution < -0.4 is 38.6 Å². The minimum absolute atomic E-state index is 0.137. The summed E-state index contributed by atoms with van der Waals surface area (Å²) in [4.78, 5) is 33.4. The van der Waals surface area contributed by atoms with E-state index in [4.69, 9.17) is 33.4 Å². The molecule has 0 bridgehead atoms. The minimum atomic E-state index is -0.937. The predicted molar refractivity (Wildman–Crippen MR) is 167 cm³/mol. The number of carbonyl (C=O) groups is 1. The van der Waals surface area contributed by atoms with Gasteiger partial charge in [-0.2, -0.15) is 0 Å². The number of aromatic nitrogens is 1. The van der Waals surface area contributed by atoms with E-state index in [0.717, 1.165) is 0 Å². The van der Waals surface area contributed by atoms with Gasteiger partial charge in [-0.25, -0.2) is 9.79 Å². The van der Waals surface area contributed by atoms with Gasteiger partial charge < -0.3 is 28.4 Å².